The van der Waals surface area contributed by atoms with Crippen LogP contribution in [0.3, 0.4) is 0 Å². The second-order valence-electron chi connectivity index (χ2n) is 7.11. The number of carbonyl (C=O) groups is 1. The molecule has 4 heterocycles. The number of thiophene rings is 1. The number of rotatable bonds is 3. The molecule has 0 spiro atoms. The smallest absolute Gasteiger partial charge is 0.237 e. The number of piperazine rings is 1. The Kier molecular flexibility index (Phi) is 4.91. The minimum atomic E-state index is 0.254. The first kappa shape index (κ1) is 17.4. The molecule has 26 heavy (non-hydrogen) atoms. The summed E-state index contributed by atoms with van der Waals surface area (Å²) in [4.78, 5) is 29.6. The van der Waals surface area contributed by atoms with E-state index in [2.05, 4.69) is 31.2 Å². The summed E-state index contributed by atoms with van der Waals surface area (Å²) in [7, 11) is 0. The molecule has 0 N–H and O–H groups in total. The Balaban J connectivity index is 1.30. The van der Waals surface area contributed by atoms with Gasteiger partial charge in [0.25, 0.3) is 0 Å². The summed E-state index contributed by atoms with van der Waals surface area (Å²) in [5.41, 5.74) is 2.33. The number of aromatic nitrogens is 2. The van der Waals surface area contributed by atoms with Crippen molar-refractivity contribution < 1.29 is 4.79 Å². The maximum atomic E-state index is 12.7. The number of anilines is 1. The highest BCUT2D eigenvalue weighted by Crippen LogP contribution is 2.24. The van der Waals surface area contributed by atoms with Gasteiger partial charge in [0.1, 0.15) is 11.6 Å². The largest absolute Gasteiger partial charge is 0.354 e. The van der Waals surface area contributed by atoms with Crippen LogP contribution in [0.1, 0.15) is 22.0 Å². The Morgan fingerprint density at radius 2 is 1.96 bits per heavy atom. The number of nitrogens with zero attached hydrogens (tertiary/aromatic N) is 5. The molecule has 2 aromatic rings. The first-order valence-corrected chi connectivity index (χ1v) is 10.1. The lowest BCUT2D eigenvalue weighted by atomic mass is 10.1. The van der Waals surface area contributed by atoms with Crippen molar-refractivity contribution in [2.24, 2.45) is 0 Å². The summed E-state index contributed by atoms with van der Waals surface area (Å²) in [6, 6.07) is 4.20. The van der Waals surface area contributed by atoms with Gasteiger partial charge in [-0.15, -0.1) is 11.3 Å². The minimum absolute atomic E-state index is 0.254. The van der Waals surface area contributed by atoms with E-state index >= 15 is 0 Å². The summed E-state index contributed by atoms with van der Waals surface area (Å²) in [6.07, 6.45) is 0.999. The summed E-state index contributed by atoms with van der Waals surface area (Å²) in [5, 5.41) is 2.13. The number of hydrogen-bond donors (Lipinski definition) is 0. The molecule has 0 radical (unpaired) electrons. The van der Waals surface area contributed by atoms with Crippen LogP contribution in [0, 0.1) is 13.8 Å². The van der Waals surface area contributed by atoms with Crippen LogP contribution in [0.2, 0.25) is 0 Å². The van der Waals surface area contributed by atoms with E-state index in [9.17, 15) is 4.79 Å². The van der Waals surface area contributed by atoms with Crippen LogP contribution in [0.15, 0.2) is 17.5 Å². The first-order valence-electron chi connectivity index (χ1n) is 9.21. The zero-order valence-electron chi connectivity index (χ0n) is 15.4. The third kappa shape index (κ3) is 3.73. The Labute approximate surface area is 158 Å². The molecule has 2 aromatic heterocycles. The van der Waals surface area contributed by atoms with E-state index in [4.69, 9.17) is 0 Å². The Morgan fingerprint density at radius 3 is 2.73 bits per heavy atom. The second-order valence-corrected chi connectivity index (χ2v) is 8.11. The summed E-state index contributed by atoms with van der Waals surface area (Å²) in [6.45, 7) is 9.68. The Bertz CT molecular complexity index is 777. The predicted octanol–water partition coefficient (Wildman–Crippen LogP) is 1.86. The number of amides is 1. The van der Waals surface area contributed by atoms with Gasteiger partial charge in [-0.2, -0.15) is 0 Å². The molecular formula is C19H25N5OS. The van der Waals surface area contributed by atoms with Crippen molar-refractivity contribution in [2.45, 2.75) is 26.8 Å². The van der Waals surface area contributed by atoms with E-state index in [1.165, 1.54) is 10.4 Å². The minimum Gasteiger partial charge on any atom is -0.354 e. The fourth-order valence-corrected chi connectivity index (χ4v) is 4.64. The standard InChI is InChI=1S/C19H25N5OS/c1-14-11-18(21-15(2)20-14)23-8-6-22(7-9-23)13-19(25)24-5-3-17-16(12-24)4-10-26-17/h4,10-11H,3,5-9,12-13H2,1-2H3. The summed E-state index contributed by atoms with van der Waals surface area (Å²) >= 11 is 1.81. The molecule has 0 aromatic carbocycles. The average Bonchev–Trinajstić information content (AvgIpc) is 3.09. The maximum absolute atomic E-state index is 12.7. The summed E-state index contributed by atoms with van der Waals surface area (Å²) in [5.74, 6) is 2.07. The lowest BCUT2D eigenvalue weighted by molar-refractivity contribution is -0.133. The number of hydrogen-bond acceptors (Lipinski definition) is 6. The third-order valence-corrected chi connectivity index (χ3v) is 6.19. The third-order valence-electron chi connectivity index (χ3n) is 5.17. The molecule has 0 aliphatic carbocycles. The molecule has 7 heteroatoms. The molecule has 2 aliphatic heterocycles. The van der Waals surface area contributed by atoms with Crippen LogP contribution >= 0.6 is 11.3 Å². The van der Waals surface area contributed by atoms with Gasteiger partial charge in [-0.25, -0.2) is 9.97 Å². The molecule has 1 amide bonds. The first-order chi connectivity index (χ1) is 12.6. The zero-order valence-corrected chi connectivity index (χ0v) is 16.3. The lowest BCUT2D eigenvalue weighted by Crippen LogP contribution is -2.50. The second kappa shape index (κ2) is 7.32. The van der Waals surface area contributed by atoms with Crippen molar-refractivity contribution >= 4 is 23.1 Å². The SMILES string of the molecule is Cc1cc(N2CCN(CC(=O)N3CCc4sccc4C3)CC2)nc(C)n1. The van der Waals surface area contributed by atoms with Gasteiger partial charge < -0.3 is 9.80 Å². The van der Waals surface area contributed by atoms with E-state index in [0.717, 1.165) is 63.0 Å². The average molecular weight is 372 g/mol. The van der Waals surface area contributed by atoms with Gasteiger partial charge in [0, 0.05) is 55.9 Å². The molecular weight excluding hydrogens is 346 g/mol. The van der Waals surface area contributed by atoms with Crippen LogP contribution in [-0.4, -0.2) is 64.9 Å². The fraction of sp³-hybridized carbons (Fsp3) is 0.526. The van der Waals surface area contributed by atoms with Crippen molar-refractivity contribution in [2.75, 3.05) is 44.2 Å². The van der Waals surface area contributed by atoms with Crippen molar-refractivity contribution in [1.82, 2.24) is 19.8 Å². The monoisotopic (exact) mass is 371 g/mol. The highest BCUT2D eigenvalue weighted by molar-refractivity contribution is 7.10. The van der Waals surface area contributed by atoms with E-state index in [-0.39, 0.29) is 5.91 Å². The van der Waals surface area contributed by atoms with Crippen LogP contribution < -0.4 is 4.90 Å². The van der Waals surface area contributed by atoms with Crippen LogP contribution in [0.4, 0.5) is 5.82 Å². The van der Waals surface area contributed by atoms with E-state index in [1.807, 2.05) is 36.2 Å². The molecule has 2 aliphatic rings. The highest BCUT2D eigenvalue weighted by Gasteiger charge is 2.25. The number of carbonyl (C=O) groups excluding carboxylic acids is 1. The van der Waals surface area contributed by atoms with Crippen molar-refractivity contribution in [1.29, 1.82) is 0 Å². The number of aryl methyl sites for hydroxylation is 2. The highest BCUT2D eigenvalue weighted by atomic mass is 32.1. The van der Waals surface area contributed by atoms with Gasteiger partial charge in [-0.1, -0.05) is 0 Å². The van der Waals surface area contributed by atoms with Gasteiger partial charge in [-0.05, 0) is 37.3 Å². The Morgan fingerprint density at radius 1 is 1.15 bits per heavy atom. The maximum Gasteiger partial charge on any atom is 0.237 e. The Hall–Kier alpha value is -1.99. The normalized spacial score (nSPS) is 18.1. The topological polar surface area (TPSA) is 52.6 Å². The molecule has 0 atom stereocenters. The molecule has 1 saturated heterocycles. The quantitative estimate of drug-likeness (QED) is 0.824. The van der Waals surface area contributed by atoms with Gasteiger partial charge in [0.05, 0.1) is 6.54 Å². The molecule has 0 unspecified atom stereocenters. The van der Waals surface area contributed by atoms with Gasteiger partial charge in [0.15, 0.2) is 0 Å². The van der Waals surface area contributed by atoms with Crippen LogP contribution in [0.5, 0.6) is 0 Å². The molecule has 0 bridgehead atoms. The molecule has 4 rings (SSSR count). The predicted molar refractivity (Wildman–Crippen MR) is 104 cm³/mol. The van der Waals surface area contributed by atoms with E-state index < -0.39 is 0 Å². The van der Waals surface area contributed by atoms with Gasteiger partial charge in [-0.3, -0.25) is 9.69 Å². The van der Waals surface area contributed by atoms with Crippen molar-refractivity contribution in [3.8, 4) is 0 Å². The zero-order chi connectivity index (χ0) is 18.1. The van der Waals surface area contributed by atoms with Crippen LogP contribution in [-0.2, 0) is 17.8 Å². The fourth-order valence-electron chi connectivity index (χ4n) is 3.75. The van der Waals surface area contributed by atoms with E-state index in [1.54, 1.807) is 0 Å². The van der Waals surface area contributed by atoms with Crippen LogP contribution in [0.25, 0.3) is 0 Å². The number of fused-ring (bicyclic) bond motifs is 1. The van der Waals surface area contributed by atoms with E-state index in [0.29, 0.717) is 6.54 Å². The van der Waals surface area contributed by atoms with Gasteiger partial charge in [0.2, 0.25) is 5.91 Å². The van der Waals surface area contributed by atoms with Crippen molar-refractivity contribution in [3.63, 3.8) is 0 Å². The molecule has 0 saturated carbocycles. The van der Waals surface area contributed by atoms with Crippen molar-refractivity contribution in [3.05, 3.63) is 39.5 Å². The van der Waals surface area contributed by atoms with Gasteiger partial charge >= 0.3 is 0 Å². The summed E-state index contributed by atoms with van der Waals surface area (Å²) < 4.78 is 0. The molecule has 138 valence electrons. The molecule has 6 nitrogen and oxygen atoms in total. The molecule has 1 fully saturated rings. The lowest BCUT2D eigenvalue weighted by Gasteiger charge is -2.36.